The van der Waals surface area contributed by atoms with Gasteiger partial charge in [-0.3, -0.25) is 4.90 Å². The predicted molar refractivity (Wildman–Crippen MR) is 80.1 cm³/mol. The molecule has 2 rings (SSSR count). The number of nitrogens with zero attached hydrogens (tertiary/aromatic N) is 1. The van der Waals surface area contributed by atoms with Crippen LogP contribution in [0.1, 0.15) is 51.1 Å². The Balaban J connectivity index is 2.04. The first-order chi connectivity index (χ1) is 9.27. The molecule has 1 aliphatic rings. The topological polar surface area (TPSA) is 23.5 Å². The van der Waals surface area contributed by atoms with Gasteiger partial charge in [-0.15, -0.1) is 0 Å². The van der Waals surface area contributed by atoms with Crippen molar-refractivity contribution in [2.24, 2.45) is 5.92 Å². The van der Waals surface area contributed by atoms with Gasteiger partial charge in [0.15, 0.2) is 0 Å². The molecule has 1 aromatic carbocycles. The molecule has 0 radical (unpaired) electrons. The highest BCUT2D eigenvalue weighted by atomic mass is 16.3. The summed E-state index contributed by atoms with van der Waals surface area (Å²) < 4.78 is 0. The summed E-state index contributed by atoms with van der Waals surface area (Å²) in [6.07, 6.45) is 5.23. The van der Waals surface area contributed by atoms with Crippen LogP contribution in [0.5, 0.6) is 0 Å². The molecule has 0 saturated carbocycles. The maximum absolute atomic E-state index is 9.78. The lowest BCUT2D eigenvalue weighted by Crippen LogP contribution is -2.35. The Labute approximate surface area is 117 Å². The molecule has 2 nitrogen and oxygen atoms in total. The molecule has 1 fully saturated rings. The van der Waals surface area contributed by atoms with Gasteiger partial charge in [-0.25, -0.2) is 0 Å². The van der Waals surface area contributed by atoms with Crippen molar-refractivity contribution < 1.29 is 5.11 Å². The van der Waals surface area contributed by atoms with Crippen LogP contribution in [0.25, 0.3) is 0 Å². The van der Waals surface area contributed by atoms with Gasteiger partial charge < -0.3 is 5.11 Å². The standard InChI is InChI=1S/C17H27NO/c1-3-4-8-15-11-12-18(14(15)2)17(13-19)16-9-6-5-7-10-16/h5-7,9-10,14-15,17,19H,3-4,8,11-13H2,1-2H3/t14-,15+,17+/m0/s1. The predicted octanol–water partition coefficient (Wildman–Crippen LogP) is 3.62. The molecule has 1 aromatic rings. The fraction of sp³-hybridized carbons (Fsp3) is 0.647. The number of aliphatic hydroxyl groups excluding tert-OH is 1. The van der Waals surface area contributed by atoms with Crippen molar-refractivity contribution in [1.82, 2.24) is 4.90 Å². The Hall–Kier alpha value is -0.860. The van der Waals surface area contributed by atoms with Gasteiger partial charge >= 0.3 is 0 Å². The largest absolute Gasteiger partial charge is 0.394 e. The summed E-state index contributed by atoms with van der Waals surface area (Å²) in [5, 5.41) is 9.78. The SMILES string of the molecule is CCCC[C@@H]1CCN([C@H](CO)c2ccccc2)[C@H]1C. The molecule has 0 unspecified atom stereocenters. The van der Waals surface area contributed by atoms with Crippen LogP contribution in [0.2, 0.25) is 0 Å². The first-order valence-corrected chi connectivity index (χ1v) is 7.69. The highest BCUT2D eigenvalue weighted by Gasteiger charge is 2.34. The minimum atomic E-state index is 0.169. The molecule has 1 heterocycles. The van der Waals surface area contributed by atoms with Crippen molar-refractivity contribution in [2.75, 3.05) is 13.2 Å². The number of likely N-dealkylation sites (tertiary alicyclic amines) is 1. The van der Waals surface area contributed by atoms with Gasteiger partial charge in [-0.2, -0.15) is 0 Å². The molecule has 2 heteroatoms. The van der Waals surface area contributed by atoms with Crippen molar-refractivity contribution >= 4 is 0 Å². The average Bonchev–Trinajstić information content (AvgIpc) is 2.80. The van der Waals surface area contributed by atoms with Gasteiger partial charge in [-0.1, -0.05) is 50.1 Å². The summed E-state index contributed by atoms with van der Waals surface area (Å²) in [5.41, 5.74) is 1.24. The van der Waals surface area contributed by atoms with Gasteiger partial charge in [0, 0.05) is 6.04 Å². The monoisotopic (exact) mass is 261 g/mol. The van der Waals surface area contributed by atoms with E-state index < -0.39 is 0 Å². The maximum atomic E-state index is 9.78. The number of benzene rings is 1. The summed E-state index contributed by atoms with van der Waals surface area (Å²) in [6, 6.07) is 11.2. The van der Waals surface area contributed by atoms with Crippen molar-refractivity contribution in [2.45, 2.75) is 51.6 Å². The van der Waals surface area contributed by atoms with Crippen LogP contribution in [-0.4, -0.2) is 29.2 Å². The number of aliphatic hydroxyl groups is 1. The summed E-state index contributed by atoms with van der Waals surface area (Å²) in [5.74, 6) is 0.803. The van der Waals surface area contributed by atoms with Crippen molar-refractivity contribution in [1.29, 1.82) is 0 Å². The van der Waals surface area contributed by atoms with Crippen LogP contribution in [-0.2, 0) is 0 Å². The molecular formula is C17H27NO. The van der Waals surface area contributed by atoms with Crippen LogP contribution in [0.3, 0.4) is 0 Å². The normalized spacial score (nSPS) is 25.6. The zero-order valence-electron chi connectivity index (χ0n) is 12.3. The summed E-state index contributed by atoms with van der Waals surface area (Å²) in [6.45, 7) is 5.93. The van der Waals surface area contributed by atoms with E-state index >= 15 is 0 Å². The minimum absolute atomic E-state index is 0.169. The van der Waals surface area contributed by atoms with Crippen molar-refractivity contribution in [3.8, 4) is 0 Å². The second-order valence-electron chi connectivity index (χ2n) is 5.78. The second kappa shape index (κ2) is 7.06. The van der Waals surface area contributed by atoms with Crippen LogP contribution in [0.4, 0.5) is 0 Å². The molecule has 19 heavy (non-hydrogen) atoms. The van der Waals surface area contributed by atoms with Crippen molar-refractivity contribution in [3.63, 3.8) is 0 Å². The van der Waals surface area contributed by atoms with Crippen LogP contribution < -0.4 is 0 Å². The van der Waals surface area contributed by atoms with Gasteiger partial charge in [0.25, 0.3) is 0 Å². The number of rotatable bonds is 6. The fourth-order valence-corrected chi connectivity index (χ4v) is 3.40. The highest BCUT2D eigenvalue weighted by molar-refractivity contribution is 5.19. The first kappa shape index (κ1) is 14.5. The average molecular weight is 261 g/mol. The van der Waals surface area contributed by atoms with E-state index in [1.54, 1.807) is 0 Å². The smallest absolute Gasteiger partial charge is 0.0628 e. The van der Waals surface area contributed by atoms with E-state index in [2.05, 4.69) is 43.0 Å². The molecule has 0 aliphatic carbocycles. The molecule has 0 bridgehead atoms. The third kappa shape index (κ3) is 3.37. The Morgan fingerprint density at radius 1 is 1.32 bits per heavy atom. The Kier molecular flexibility index (Phi) is 5.41. The van der Waals surface area contributed by atoms with Crippen LogP contribution >= 0.6 is 0 Å². The molecule has 1 aliphatic heterocycles. The third-order valence-corrected chi connectivity index (χ3v) is 4.65. The summed E-state index contributed by atoms with van der Waals surface area (Å²) >= 11 is 0. The van der Waals surface area contributed by atoms with Crippen LogP contribution in [0, 0.1) is 5.92 Å². The van der Waals surface area contributed by atoms with Gasteiger partial charge in [-0.05, 0) is 37.8 Å². The zero-order chi connectivity index (χ0) is 13.7. The van der Waals surface area contributed by atoms with Gasteiger partial charge in [0.2, 0.25) is 0 Å². The molecule has 0 amide bonds. The van der Waals surface area contributed by atoms with E-state index in [1.165, 1.54) is 31.2 Å². The van der Waals surface area contributed by atoms with E-state index in [-0.39, 0.29) is 12.6 Å². The molecule has 106 valence electrons. The second-order valence-corrected chi connectivity index (χ2v) is 5.78. The van der Waals surface area contributed by atoms with Crippen molar-refractivity contribution in [3.05, 3.63) is 35.9 Å². The number of hydrogen-bond acceptors (Lipinski definition) is 2. The number of unbranched alkanes of at least 4 members (excludes halogenated alkanes) is 1. The Morgan fingerprint density at radius 2 is 2.05 bits per heavy atom. The quantitative estimate of drug-likeness (QED) is 0.845. The molecule has 1 saturated heterocycles. The maximum Gasteiger partial charge on any atom is 0.0628 e. The molecule has 0 spiro atoms. The molecule has 1 N–H and O–H groups in total. The highest BCUT2D eigenvalue weighted by Crippen LogP contribution is 2.34. The molecule has 0 aromatic heterocycles. The van der Waals surface area contributed by atoms with Gasteiger partial charge in [0.05, 0.1) is 12.6 Å². The lowest BCUT2D eigenvalue weighted by atomic mass is 9.94. The summed E-state index contributed by atoms with van der Waals surface area (Å²) in [7, 11) is 0. The first-order valence-electron chi connectivity index (χ1n) is 7.69. The van der Waals surface area contributed by atoms with Crippen LogP contribution in [0.15, 0.2) is 30.3 Å². The zero-order valence-corrected chi connectivity index (χ0v) is 12.3. The lowest BCUT2D eigenvalue weighted by molar-refractivity contribution is 0.108. The van der Waals surface area contributed by atoms with E-state index in [0.29, 0.717) is 6.04 Å². The lowest BCUT2D eigenvalue weighted by Gasteiger charge is -2.32. The third-order valence-electron chi connectivity index (χ3n) is 4.65. The molecular weight excluding hydrogens is 234 g/mol. The number of hydrogen-bond donors (Lipinski definition) is 1. The fourth-order valence-electron chi connectivity index (χ4n) is 3.40. The van der Waals surface area contributed by atoms with E-state index in [1.807, 2.05) is 6.07 Å². The van der Waals surface area contributed by atoms with E-state index in [9.17, 15) is 5.11 Å². The van der Waals surface area contributed by atoms with E-state index in [0.717, 1.165) is 12.5 Å². The Morgan fingerprint density at radius 3 is 2.68 bits per heavy atom. The molecule has 3 atom stereocenters. The van der Waals surface area contributed by atoms with E-state index in [4.69, 9.17) is 0 Å². The summed E-state index contributed by atoms with van der Waals surface area (Å²) in [4.78, 5) is 2.50. The minimum Gasteiger partial charge on any atom is -0.394 e. The van der Waals surface area contributed by atoms with Gasteiger partial charge in [0.1, 0.15) is 0 Å². The Bertz CT molecular complexity index is 365.